The molecular weight excluding hydrogens is 281 g/mol. The minimum Gasteiger partial charge on any atom is -0.348 e. The predicted octanol–water partition coefficient (Wildman–Crippen LogP) is 2.94. The third-order valence-electron chi connectivity index (χ3n) is 3.31. The van der Waals surface area contributed by atoms with Crippen LogP contribution in [0.5, 0.6) is 0 Å². The molecule has 0 aliphatic carbocycles. The van der Waals surface area contributed by atoms with E-state index in [-0.39, 0.29) is 5.56 Å². The Hall–Kier alpha value is -2.95. The Morgan fingerprint density at radius 3 is 2.59 bits per heavy atom. The average molecular weight is 295 g/mol. The van der Waals surface area contributed by atoms with Gasteiger partial charge in [0, 0.05) is 24.6 Å². The van der Waals surface area contributed by atoms with Gasteiger partial charge in [-0.15, -0.1) is 0 Å². The van der Waals surface area contributed by atoms with Crippen molar-refractivity contribution in [3.05, 3.63) is 84.2 Å². The molecule has 1 amide bonds. The molecule has 0 radical (unpaired) electrons. The molecule has 0 saturated carbocycles. The molecule has 0 fully saturated rings. The molecule has 1 aromatic heterocycles. The van der Waals surface area contributed by atoms with E-state index >= 15 is 0 Å². The molecule has 4 nitrogen and oxygen atoms in total. The predicted molar refractivity (Wildman–Crippen MR) is 81.1 cm³/mol. The lowest BCUT2D eigenvalue weighted by atomic mass is 10.1. The lowest BCUT2D eigenvalue weighted by molar-refractivity contribution is 0.0947. The Labute approximate surface area is 127 Å². The van der Waals surface area contributed by atoms with Crippen molar-refractivity contribution in [3.63, 3.8) is 0 Å². The maximum atomic E-state index is 13.5. The van der Waals surface area contributed by atoms with E-state index in [1.54, 1.807) is 24.7 Å². The quantitative estimate of drug-likeness (QED) is 0.804. The van der Waals surface area contributed by atoms with Gasteiger partial charge in [0.2, 0.25) is 0 Å². The molecule has 110 valence electrons. The molecule has 0 aliphatic rings. The number of halogens is 1. The van der Waals surface area contributed by atoms with Crippen LogP contribution in [0.3, 0.4) is 0 Å². The minimum absolute atomic E-state index is 0.0533. The van der Waals surface area contributed by atoms with E-state index in [1.807, 2.05) is 35.0 Å². The van der Waals surface area contributed by atoms with Gasteiger partial charge >= 0.3 is 0 Å². The Balaban J connectivity index is 1.64. The highest BCUT2D eigenvalue weighted by atomic mass is 19.1. The van der Waals surface area contributed by atoms with E-state index in [4.69, 9.17) is 0 Å². The first-order valence-corrected chi connectivity index (χ1v) is 6.84. The monoisotopic (exact) mass is 295 g/mol. The number of amides is 1. The summed E-state index contributed by atoms with van der Waals surface area (Å²) in [5, 5.41) is 2.71. The summed E-state index contributed by atoms with van der Waals surface area (Å²) in [6.45, 7) is 0.345. The van der Waals surface area contributed by atoms with Gasteiger partial charge in [-0.1, -0.05) is 24.3 Å². The first-order chi connectivity index (χ1) is 10.7. The summed E-state index contributed by atoms with van der Waals surface area (Å²) in [4.78, 5) is 15.9. The van der Waals surface area contributed by atoms with Crippen molar-refractivity contribution in [2.75, 3.05) is 0 Å². The fraction of sp³-hybridized carbons (Fsp3) is 0.0588. The first-order valence-electron chi connectivity index (χ1n) is 6.84. The summed E-state index contributed by atoms with van der Waals surface area (Å²) in [7, 11) is 0. The average Bonchev–Trinajstić information content (AvgIpc) is 3.08. The van der Waals surface area contributed by atoms with Crippen molar-refractivity contribution in [3.8, 4) is 5.69 Å². The zero-order valence-corrected chi connectivity index (χ0v) is 11.7. The molecule has 3 aromatic rings. The number of hydrogen-bond donors (Lipinski definition) is 1. The van der Waals surface area contributed by atoms with Crippen molar-refractivity contribution >= 4 is 5.91 Å². The Morgan fingerprint density at radius 2 is 1.91 bits per heavy atom. The second kappa shape index (κ2) is 6.22. The summed E-state index contributed by atoms with van der Waals surface area (Å²) in [5.74, 6) is -0.938. The molecule has 1 heterocycles. The maximum absolute atomic E-state index is 13.5. The highest BCUT2D eigenvalue weighted by Crippen LogP contribution is 2.10. The van der Waals surface area contributed by atoms with Gasteiger partial charge in [-0.3, -0.25) is 4.79 Å². The zero-order chi connectivity index (χ0) is 15.4. The highest BCUT2D eigenvalue weighted by Gasteiger charge is 2.09. The van der Waals surface area contributed by atoms with Gasteiger partial charge in [0.05, 0.1) is 11.9 Å². The van der Waals surface area contributed by atoms with Crippen LogP contribution in [0.4, 0.5) is 4.39 Å². The smallest absolute Gasteiger partial charge is 0.254 e. The van der Waals surface area contributed by atoms with Crippen molar-refractivity contribution in [2.24, 2.45) is 0 Å². The lowest BCUT2D eigenvalue weighted by Crippen LogP contribution is -2.23. The van der Waals surface area contributed by atoms with Crippen LogP contribution in [-0.4, -0.2) is 15.5 Å². The van der Waals surface area contributed by atoms with Crippen LogP contribution in [-0.2, 0) is 6.54 Å². The second-order valence-electron chi connectivity index (χ2n) is 4.80. The van der Waals surface area contributed by atoms with Crippen LogP contribution in [0.15, 0.2) is 67.3 Å². The molecule has 1 N–H and O–H groups in total. The molecule has 0 aliphatic heterocycles. The van der Waals surface area contributed by atoms with Crippen molar-refractivity contribution < 1.29 is 9.18 Å². The molecule has 2 aromatic carbocycles. The van der Waals surface area contributed by atoms with Crippen LogP contribution in [0.1, 0.15) is 15.9 Å². The third-order valence-corrected chi connectivity index (χ3v) is 3.31. The molecule has 0 bridgehead atoms. The number of nitrogens with zero attached hydrogens (tertiary/aromatic N) is 2. The highest BCUT2D eigenvalue weighted by molar-refractivity contribution is 5.94. The molecule has 0 spiro atoms. The number of nitrogens with one attached hydrogen (secondary N) is 1. The lowest BCUT2D eigenvalue weighted by Gasteiger charge is -2.07. The summed E-state index contributed by atoms with van der Waals surface area (Å²) >= 11 is 0. The number of hydrogen-bond acceptors (Lipinski definition) is 2. The number of carbonyl (C=O) groups is 1. The molecular formula is C17H14FN3O. The van der Waals surface area contributed by atoms with Crippen LogP contribution < -0.4 is 5.32 Å². The van der Waals surface area contributed by atoms with Crippen LogP contribution in [0, 0.1) is 5.82 Å². The summed E-state index contributed by atoms with van der Waals surface area (Å²) in [6, 6.07) is 13.6. The normalized spacial score (nSPS) is 10.4. The van der Waals surface area contributed by atoms with E-state index < -0.39 is 11.7 Å². The van der Waals surface area contributed by atoms with Crippen molar-refractivity contribution in [1.29, 1.82) is 0 Å². The molecule has 3 rings (SSSR count). The van der Waals surface area contributed by atoms with E-state index in [0.29, 0.717) is 6.54 Å². The first kappa shape index (κ1) is 14.0. The topological polar surface area (TPSA) is 46.9 Å². The maximum Gasteiger partial charge on any atom is 0.254 e. The van der Waals surface area contributed by atoms with Gasteiger partial charge in [-0.25, -0.2) is 9.37 Å². The number of rotatable bonds is 4. The standard InChI is InChI=1S/C17H14FN3O/c18-16-4-2-1-3-15(16)17(22)20-11-13-5-7-14(8-6-13)21-10-9-19-12-21/h1-10,12H,11H2,(H,20,22). The second-order valence-corrected chi connectivity index (χ2v) is 4.80. The van der Waals surface area contributed by atoms with Gasteiger partial charge in [0.15, 0.2) is 0 Å². The van der Waals surface area contributed by atoms with Gasteiger partial charge < -0.3 is 9.88 Å². The number of imidazole rings is 1. The fourth-order valence-corrected chi connectivity index (χ4v) is 2.12. The molecule has 0 unspecified atom stereocenters. The summed E-state index contributed by atoms with van der Waals surface area (Å²) in [6.07, 6.45) is 5.28. The van der Waals surface area contributed by atoms with E-state index in [2.05, 4.69) is 10.3 Å². The SMILES string of the molecule is O=C(NCc1ccc(-n2ccnc2)cc1)c1ccccc1F. The largest absolute Gasteiger partial charge is 0.348 e. The van der Waals surface area contributed by atoms with Gasteiger partial charge in [0.25, 0.3) is 5.91 Å². The Kier molecular flexibility index (Phi) is 3.96. The van der Waals surface area contributed by atoms with Gasteiger partial charge in [0.1, 0.15) is 5.82 Å². The van der Waals surface area contributed by atoms with Crippen LogP contribution in [0.25, 0.3) is 5.69 Å². The fourth-order valence-electron chi connectivity index (χ4n) is 2.12. The third kappa shape index (κ3) is 3.03. The van der Waals surface area contributed by atoms with Crippen LogP contribution >= 0.6 is 0 Å². The van der Waals surface area contributed by atoms with Crippen LogP contribution in [0.2, 0.25) is 0 Å². The molecule has 0 saturated heterocycles. The summed E-state index contributed by atoms with van der Waals surface area (Å²) < 4.78 is 15.4. The van der Waals surface area contributed by atoms with Gasteiger partial charge in [-0.2, -0.15) is 0 Å². The molecule has 5 heteroatoms. The van der Waals surface area contributed by atoms with Crippen molar-refractivity contribution in [1.82, 2.24) is 14.9 Å². The van der Waals surface area contributed by atoms with E-state index in [1.165, 1.54) is 12.1 Å². The number of aromatic nitrogens is 2. The van der Waals surface area contributed by atoms with E-state index in [0.717, 1.165) is 11.3 Å². The number of carbonyl (C=O) groups excluding carboxylic acids is 1. The summed E-state index contributed by atoms with van der Waals surface area (Å²) in [5.41, 5.74) is 1.98. The molecule has 0 atom stereocenters. The molecule has 22 heavy (non-hydrogen) atoms. The minimum atomic E-state index is -0.518. The Morgan fingerprint density at radius 1 is 1.14 bits per heavy atom. The zero-order valence-electron chi connectivity index (χ0n) is 11.7. The van der Waals surface area contributed by atoms with E-state index in [9.17, 15) is 9.18 Å². The van der Waals surface area contributed by atoms with Crippen molar-refractivity contribution in [2.45, 2.75) is 6.54 Å². The van der Waals surface area contributed by atoms with Gasteiger partial charge in [-0.05, 0) is 29.8 Å². The number of benzene rings is 2. The Bertz CT molecular complexity index is 767.